The second-order valence-electron chi connectivity index (χ2n) is 3.52. The van der Waals surface area contributed by atoms with E-state index >= 15 is 0 Å². The first-order chi connectivity index (χ1) is 8.13. The molecule has 2 heterocycles. The first kappa shape index (κ1) is 11.3. The van der Waals surface area contributed by atoms with Crippen LogP contribution < -0.4 is 0 Å². The Morgan fingerprint density at radius 2 is 2.29 bits per heavy atom. The highest BCUT2D eigenvalue weighted by atomic mass is 16.4. The van der Waals surface area contributed by atoms with Crippen LogP contribution in [0.3, 0.4) is 0 Å². The lowest BCUT2D eigenvalue weighted by molar-refractivity contribution is 0.0696. The van der Waals surface area contributed by atoms with E-state index in [2.05, 4.69) is 10.1 Å². The molecule has 0 aliphatic heterocycles. The monoisotopic (exact) mass is 233 g/mol. The molecule has 2 rings (SSSR count). The Bertz CT molecular complexity index is 563. The van der Waals surface area contributed by atoms with Gasteiger partial charge in [-0.3, -0.25) is 0 Å². The number of carboxylic acids is 1. The molecule has 17 heavy (non-hydrogen) atoms. The minimum atomic E-state index is -1.03. The van der Waals surface area contributed by atoms with Gasteiger partial charge in [0.05, 0.1) is 12.3 Å². The van der Waals surface area contributed by atoms with Crippen LogP contribution in [0.1, 0.15) is 21.6 Å². The molecule has 2 aromatic heterocycles. The summed E-state index contributed by atoms with van der Waals surface area (Å²) in [5.41, 5.74) is 1.12. The molecule has 0 saturated carbocycles. The van der Waals surface area contributed by atoms with E-state index in [0.717, 1.165) is 0 Å². The Balaban J connectivity index is 2.53. The van der Waals surface area contributed by atoms with E-state index in [9.17, 15) is 4.79 Å². The number of nitrogens with zero attached hydrogens (tertiary/aromatic N) is 3. The average Bonchev–Trinajstić information content (AvgIpc) is 2.71. The molecule has 0 aromatic carbocycles. The van der Waals surface area contributed by atoms with Crippen molar-refractivity contribution in [3.63, 3.8) is 0 Å². The Kier molecular flexibility index (Phi) is 2.88. The first-order valence-electron chi connectivity index (χ1n) is 4.98. The van der Waals surface area contributed by atoms with Gasteiger partial charge in [0.1, 0.15) is 5.56 Å². The molecule has 6 nitrogen and oxygen atoms in total. The maximum atomic E-state index is 10.9. The van der Waals surface area contributed by atoms with E-state index in [4.69, 9.17) is 10.2 Å². The lowest BCUT2D eigenvalue weighted by atomic mass is 10.2. The van der Waals surface area contributed by atoms with Crippen LogP contribution in [0.4, 0.5) is 0 Å². The van der Waals surface area contributed by atoms with Gasteiger partial charge in [-0.05, 0) is 13.0 Å². The number of carbonyl (C=O) groups is 1. The molecule has 0 fully saturated rings. The van der Waals surface area contributed by atoms with Crippen molar-refractivity contribution in [2.75, 3.05) is 0 Å². The third kappa shape index (κ3) is 2.02. The molecule has 0 aliphatic rings. The molecule has 0 aliphatic carbocycles. The summed E-state index contributed by atoms with van der Waals surface area (Å²) in [6.07, 6.45) is 2.95. The van der Waals surface area contributed by atoms with Crippen molar-refractivity contribution in [3.8, 4) is 5.82 Å². The van der Waals surface area contributed by atoms with E-state index in [-0.39, 0.29) is 12.2 Å². The number of hydrogen-bond acceptors (Lipinski definition) is 4. The van der Waals surface area contributed by atoms with Crippen LogP contribution in [0.15, 0.2) is 24.5 Å². The first-order valence-corrected chi connectivity index (χ1v) is 4.98. The highest BCUT2D eigenvalue weighted by molar-refractivity contribution is 5.88. The quantitative estimate of drug-likeness (QED) is 0.817. The van der Waals surface area contributed by atoms with Crippen molar-refractivity contribution in [2.45, 2.75) is 13.5 Å². The van der Waals surface area contributed by atoms with Crippen molar-refractivity contribution in [3.05, 3.63) is 41.3 Å². The number of aromatic carboxylic acids is 1. The van der Waals surface area contributed by atoms with E-state index in [1.807, 2.05) is 0 Å². The van der Waals surface area contributed by atoms with Gasteiger partial charge in [-0.2, -0.15) is 5.10 Å². The molecule has 0 radical (unpaired) electrons. The molecule has 0 amide bonds. The topological polar surface area (TPSA) is 88.2 Å². The van der Waals surface area contributed by atoms with E-state index in [1.165, 1.54) is 10.9 Å². The molecule has 0 unspecified atom stereocenters. The maximum absolute atomic E-state index is 10.9. The van der Waals surface area contributed by atoms with E-state index in [1.54, 1.807) is 25.3 Å². The summed E-state index contributed by atoms with van der Waals surface area (Å²) >= 11 is 0. The number of aryl methyl sites for hydroxylation is 1. The molecule has 2 N–H and O–H groups in total. The van der Waals surface area contributed by atoms with Crippen LogP contribution in [0, 0.1) is 6.92 Å². The van der Waals surface area contributed by atoms with Gasteiger partial charge in [0.2, 0.25) is 0 Å². The molecular formula is C11H11N3O3. The normalized spacial score (nSPS) is 10.5. The van der Waals surface area contributed by atoms with Gasteiger partial charge in [0.15, 0.2) is 5.82 Å². The van der Waals surface area contributed by atoms with Gasteiger partial charge in [-0.15, -0.1) is 0 Å². The zero-order valence-corrected chi connectivity index (χ0v) is 9.16. The van der Waals surface area contributed by atoms with Crippen LogP contribution in [0.25, 0.3) is 5.82 Å². The fraction of sp³-hybridized carbons (Fsp3) is 0.182. The fourth-order valence-electron chi connectivity index (χ4n) is 1.54. The van der Waals surface area contributed by atoms with Crippen LogP contribution in [-0.2, 0) is 6.61 Å². The lowest BCUT2D eigenvalue weighted by Crippen LogP contribution is -2.03. The summed E-state index contributed by atoms with van der Waals surface area (Å²) in [7, 11) is 0. The third-order valence-corrected chi connectivity index (χ3v) is 2.38. The molecule has 6 heteroatoms. The molecule has 88 valence electrons. The van der Waals surface area contributed by atoms with Crippen LogP contribution in [-0.4, -0.2) is 30.9 Å². The number of hydrogen-bond donors (Lipinski definition) is 2. The van der Waals surface area contributed by atoms with E-state index in [0.29, 0.717) is 17.1 Å². The van der Waals surface area contributed by atoms with Gasteiger partial charge in [-0.1, -0.05) is 6.07 Å². The van der Waals surface area contributed by atoms with Crippen molar-refractivity contribution in [1.82, 2.24) is 14.8 Å². The highest BCUT2D eigenvalue weighted by Crippen LogP contribution is 2.14. The van der Waals surface area contributed by atoms with Gasteiger partial charge >= 0.3 is 5.97 Å². The highest BCUT2D eigenvalue weighted by Gasteiger charge is 2.14. The average molecular weight is 233 g/mol. The summed E-state index contributed by atoms with van der Waals surface area (Å²) in [5, 5.41) is 22.2. The van der Waals surface area contributed by atoms with Gasteiger partial charge in [0.25, 0.3) is 0 Å². The number of pyridine rings is 1. The second kappa shape index (κ2) is 4.34. The van der Waals surface area contributed by atoms with Gasteiger partial charge in [-0.25, -0.2) is 14.5 Å². The predicted octanol–water partition coefficient (Wildman–Crippen LogP) is 0.766. The number of aromatic nitrogens is 3. The zero-order valence-electron chi connectivity index (χ0n) is 9.16. The van der Waals surface area contributed by atoms with Crippen molar-refractivity contribution >= 4 is 5.97 Å². The molecule has 0 atom stereocenters. The number of rotatable bonds is 3. The number of carboxylic acid groups (broad SMARTS) is 1. The SMILES string of the molecule is Cc1nn(-c2ncccc2CO)cc1C(=O)O. The van der Waals surface area contributed by atoms with Crippen molar-refractivity contribution in [2.24, 2.45) is 0 Å². The predicted molar refractivity (Wildman–Crippen MR) is 59.0 cm³/mol. The Hall–Kier alpha value is -2.21. The minimum Gasteiger partial charge on any atom is -0.478 e. The molecule has 0 bridgehead atoms. The van der Waals surface area contributed by atoms with Crippen LogP contribution in [0.2, 0.25) is 0 Å². The second-order valence-corrected chi connectivity index (χ2v) is 3.52. The Morgan fingerprint density at radius 1 is 1.53 bits per heavy atom. The molecule has 0 spiro atoms. The summed E-state index contributed by atoms with van der Waals surface area (Å²) < 4.78 is 1.37. The van der Waals surface area contributed by atoms with Crippen molar-refractivity contribution in [1.29, 1.82) is 0 Å². The summed E-state index contributed by atoms with van der Waals surface area (Å²) in [4.78, 5) is 15.0. The smallest absolute Gasteiger partial charge is 0.339 e. The molecular weight excluding hydrogens is 222 g/mol. The Morgan fingerprint density at radius 3 is 2.88 bits per heavy atom. The molecule has 0 saturated heterocycles. The number of aliphatic hydroxyl groups excluding tert-OH is 1. The fourth-order valence-corrected chi connectivity index (χ4v) is 1.54. The van der Waals surface area contributed by atoms with Gasteiger partial charge in [0, 0.05) is 18.0 Å². The standard InChI is InChI=1S/C11H11N3O3/c1-7-9(11(16)17)5-14(13-7)10-8(6-15)3-2-4-12-10/h2-5,15H,6H2,1H3,(H,16,17). The van der Waals surface area contributed by atoms with E-state index < -0.39 is 5.97 Å². The summed E-state index contributed by atoms with van der Waals surface area (Å²) in [6, 6.07) is 3.41. The largest absolute Gasteiger partial charge is 0.478 e. The maximum Gasteiger partial charge on any atom is 0.339 e. The summed E-state index contributed by atoms with van der Waals surface area (Å²) in [5.74, 6) is -0.596. The zero-order chi connectivity index (χ0) is 12.4. The third-order valence-electron chi connectivity index (χ3n) is 2.38. The minimum absolute atomic E-state index is 0.125. The lowest BCUT2D eigenvalue weighted by Gasteiger charge is -2.04. The summed E-state index contributed by atoms with van der Waals surface area (Å²) in [6.45, 7) is 1.44. The molecule has 2 aromatic rings. The van der Waals surface area contributed by atoms with Crippen LogP contribution in [0.5, 0.6) is 0 Å². The Labute approximate surface area is 97.2 Å². The van der Waals surface area contributed by atoms with Gasteiger partial charge < -0.3 is 10.2 Å². The van der Waals surface area contributed by atoms with Crippen molar-refractivity contribution < 1.29 is 15.0 Å². The van der Waals surface area contributed by atoms with Crippen LogP contribution >= 0.6 is 0 Å². The number of aliphatic hydroxyl groups is 1.